The molecule has 5 rings (SSSR count). The van der Waals surface area contributed by atoms with Gasteiger partial charge in [-0.05, 0) is 29.6 Å². The smallest absolute Gasteiger partial charge is 0.232 e. The summed E-state index contributed by atoms with van der Waals surface area (Å²) in [6.45, 7) is 1.12. The van der Waals surface area contributed by atoms with Gasteiger partial charge in [0.2, 0.25) is 5.91 Å². The lowest BCUT2D eigenvalue weighted by Crippen LogP contribution is -2.33. The van der Waals surface area contributed by atoms with E-state index in [4.69, 9.17) is 4.74 Å². The molecule has 3 heterocycles. The second kappa shape index (κ2) is 7.56. The Morgan fingerprint density at radius 2 is 1.72 bits per heavy atom. The number of amides is 1. The molecule has 0 atom stereocenters. The molecule has 0 fully saturated rings. The standard InChI is InChI=1S/C23H19N3O2S/c27-23(24-12-14-26-13-11-18(25-26)21-10-5-15-29-21)22-16-6-1-3-8-19(16)28-20-9-4-2-7-17(20)22/h1-11,13,15,22H,12,14H2,(H,24,27). The first-order valence-corrected chi connectivity index (χ1v) is 10.4. The van der Waals surface area contributed by atoms with Crippen molar-refractivity contribution in [1.29, 1.82) is 0 Å². The third-order valence-corrected chi connectivity index (χ3v) is 5.89. The van der Waals surface area contributed by atoms with Gasteiger partial charge in [0.1, 0.15) is 17.2 Å². The molecule has 0 spiro atoms. The Morgan fingerprint density at radius 1 is 1.00 bits per heavy atom. The fraction of sp³-hybridized carbons (Fsp3) is 0.130. The van der Waals surface area contributed by atoms with Gasteiger partial charge >= 0.3 is 0 Å². The van der Waals surface area contributed by atoms with Gasteiger partial charge in [0.15, 0.2) is 0 Å². The lowest BCUT2D eigenvalue weighted by Gasteiger charge is -2.27. The first-order valence-electron chi connectivity index (χ1n) is 9.50. The minimum absolute atomic E-state index is 0.0289. The largest absolute Gasteiger partial charge is 0.457 e. The predicted octanol–water partition coefficient (Wildman–Crippen LogP) is 4.67. The molecule has 29 heavy (non-hydrogen) atoms. The third kappa shape index (κ3) is 3.43. The highest BCUT2D eigenvalue weighted by Crippen LogP contribution is 2.43. The highest BCUT2D eigenvalue weighted by Gasteiger charge is 2.32. The quantitative estimate of drug-likeness (QED) is 0.529. The molecule has 1 amide bonds. The Morgan fingerprint density at radius 3 is 2.41 bits per heavy atom. The van der Waals surface area contributed by atoms with Gasteiger partial charge in [0.25, 0.3) is 0 Å². The van der Waals surface area contributed by atoms with Gasteiger partial charge in [-0.15, -0.1) is 11.3 Å². The molecule has 0 bridgehead atoms. The summed E-state index contributed by atoms with van der Waals surface area (Å²) in [7, 11) is 0. The first kappa shape index (κ1) is 17.7. The van der Waals surface area contributed by atoms with Gasteiger partial charge in [-0.3, -0.25) is 9.48 Å². The monoisotopic (exact) mass is 401 g/mol. The van der Waals surface area contributed by atoms with Crippen LogP contribution in [0.2, 0.25) is 0 Å². The summed E-state index contributed by atoms with van der Waals surface area (Å²) in [6, 6.07) is 21.5. The zero-order chi connectivity index (χ0) is 19.6. The molecule has 144 valence electrons. The topological polar surface area (TPSA) is 56.2 Å². The van der Waals surface area contributed by atoms with E-state index in [-0.39, 0.29) is 11.8 Å². The summed E-state index contributed by atoms with van der Waals surface area (Å²) in [5.74, 6) is 1.06. The summed E-state index contributed by atoms with van der Waals surface area (Å²) in [6.07, 6.45) is 1.94. The molecule has 1 aliphatic rings. The Kier molecular flexibility index (Phi) is 4.62. The average Bonchev–Trinajstić information content (AvgIpc) is 3.44. The SMILES string of the molecule is O=C(NCCn1ccc(-c2cccs2)n1)C1c2ccccc2Oc2ccccc21. The predicted molar refractivity (Wildman–Crippen MR) is 113 cm³/mol. The number of hydrogen-bond acceptors (Lipinski definition) is 4. The van der Waals surface area contributed by atoms with E-state index in [2.05, 4.69) is 16.5 Å². The number of thiophene rings is 1. The maximum absolute atomic E-state index is 13.1. The van der Waals surface area contributed by atoms with Crippen molar-refractivity contribution < 1.29 is 9.53 Å². The molecule has 0 radical (unpaired) electrons. The van der Waals surface area contributed by atoms with Crippen molar-refractivity contribution in [3.8, 4) is 22.1 Å². The van der Waals surface area contributed by atoms with E-state index in [0.717, 1.165) is 33.2 Å². The highest BCUT2D eigenvalue weighted by molar-refractivity contribution is 7.13. The van der Waals surface area contributed by atoms with Crippen LogP contribution in [0.3, 0.4) is 0 Å². The van der Waals surface area contributed by atoms with Crippen LogP contribution in [-0.2, 0) is 11.3 Å². The third-order valence-electron chi connectivity index (χ3n) is 5.00. The van der Waals surface area contributed by atoms with E-state index in [1.165, 1.54) is 0 Å². The van der Waals surface area contributed by atoms with Crippen LogP contribution >= 0.6 is 11.3 Å². The molecule has 4 aromatic rings. The number of carbonyl (C=O) groups excluding carboxylic acids is 1. The van der Waals surface area contributed by atoms with Gasteiger partial charge in [-0.25, -0.2) is 0 Å². The van der Waals surface area contributed by atoms with Gasteiger partial charge in [0.05, 0.1) is 17.3 Å². The van der Waals surface area contributed by atoms with Crippen LogP contribution in [0, 0.1) is 0 Å². The molecule has 2 aromatic heterocycles. The van der Waals surface area contributed by atoms with Crippen molar-refractivity contribution in [3.63, 3.8) is 0 Å². The van der Waals surface area contributed by atoms with Gasteiger partial charge in [-0.1, -0.05) is 42.5 Å². The molecule has 5 nitrogen and oxygen atoms in total. The first-order chi connectivity index (χ1) is 14.3. The van der Waals surface area contributed by atoms with E-state index in [0.29, 0.717) is 13.1 Å². The van der Waals surface area contributed by atoms with Crippen LogP contribution in [0.5, 0.6) is 11.5 Å². The number of hydrogen-bond donors (Lipinski definition) is 1. The second-order valence-electron chi connectivity index (χ2n) is 6.84. The van der Waals surface area contributed by atoms with Gasteiger partial charge in [0, 0.05) is 23.9 Å². The molecule has 0 unspecified atom stereocenters. The molecule has 0 aliphatic carbocycles. The molecular weight excluding hydrogens is 382 g/mol. The molecule has 2 aromatic carbocycles. The Bertz CT molecular complexity index is 1100. The van der Waals surface area contributed by atoms with E-state index in [1.807, 2.05) is 76.9 Å². The van der Waals surface area contributed by atoms with E-state index in [1.54, 1.807) is 11.3 Å². The van der Waals surface area contributed by atoms with Crippen molar-refractivity contribution in [3.05, 3.63) is 89.4 Å². The van der Waals surface area contributed by atoms with Crippen LogP contribution in [0.4, 0.5) is 0 Å². The number of aromatic nitrogens is 2. The van der Waals surface area contributed by atoms with Crippen molar-refractivity contribution in [2.45, 2.75) is 12.5 Å². The molecule has 0 saturated carbocycles. The zero-order valence-electron chi connectivity index (χ0n) is 15.6. The molecule has 1 N–H and O–H groups in total. The molecule has 0 saturated heterocycles. The van der Waals surface area contributed by atoms with E-state index < -0.39 is 0 Å². The Labute approximate surface area is 172 Å². The number of fused-ring (bicyclic) bond motifs is 2. The van der Waals surface area contributed by atoms with Gasteiger partial charge in [-0.2, -0.15) is 5.10 Å². The second-order valence-corrected chi connectivity index (χ2v) is 7.79. The number of para-hydroxylation sites is 2. The Hall–Kier alpha value is -3.38. The summed E-state index contributed by atoms with van der Waals surface area (Å²) >= 11 is 1.67. The summed E-state index contributed by atoms with van der Waals surface area (Å²) < 4.78 is 7.84. The minimum atomic E-state index is -0.379. The summed E-state index contributed by atoms with van der Waals surface area (Å²) in [5.41, 5.74) is 2.74. The minimum Gasteiger partial charge on any atom is -0.457 e. The van der Waals surface area contributed by atoms with Crippen molar-refractivity contribution in [2.24, 2.45) is 0 Å². The van der Waals surface area contributed by atoms with E-state index >= 15 is 0 Å². The van der Waals surface area contributed by atoms with Crippen LogP contribution in [0.1, 0.15) is 17.0 Å². The molecular formula is C23H19N3O2S. The fourth-order valence-corrected chi connectivity index (χ4v) is 4.32. The van der Waals surface area contributed by atoms with E-state index in [9.17, 15) is 4.79 Å². The number of ether oxygens (including phenoxy) is 1. The number of rotatable bonds is 5. The van der Waals surface area contributed by atoms with Crippen LogP contribution in [0.15, 0.2) is 78.3 Å². The lowest BCUT2D eigenvalue weighted by molar-refractivity contribution is -0.121. The number of nitrogens with zero attached hydrogens (tertiary/aromatic N) is 2. The van der Waals surface area contributed by atoms with Crippen LogP contribution < -0.4 is 10.1 Å². The van der Waals surface area contributed by atoms with Crippen molar-refractivity contribution in [2.75, 3.05) is 6.54 Å². The van der Waals surface area contributed by atoms with Crippen molar-refractivity contribution >= 4 is 17.2 Å². The number of nitrogens with one attached hydrogen (secondary N) is 1. The Balaban J connectivity index is 1.30. The molecule has 6 heteroatoms. The fourth-order valence-electron chi connectivity index (χ4n) is 3.63. The van der Waals surface area contributed by atoms with Crippen LogP contribution in [0.25, 0.3) is 10.6 Å². The average molecular weight is 401 g/mol. The number of benzene rings is 2. The summed E-state index contributed by atoms with van der Waals surface area (Å²) in [5, 5.41) is 9.70. The normalized spacial score (nSPS) is 12.7. The molecule has 1 aliphatic heterocycles. The highest BCUT2D eigenvalue weighted by atomic mass is 32.1. The van der Waals surface area contributed by atoms with Crippen molar-refractivity contribution in [1.82, 2.24) is 15.1 Å². The lowest BCUT2D eigenvalue weighted by atomic mass is 9.87. The summed E-state index contributed by atoms with van der Waals surface area (Å²) in [4.78, 5) is 14.3. The van der Waals surface area contributed by atoms with Gasteiger partial charge < -0.3 is 10.1 Å². The van der Waals surface area contributed by atoms with Crippen LogP contribution in [-0.4, -0.2) is 22.2 Å². The maximum Gasteiger partial charge on any atom is 0.232 e. The number of carbonyl (C=O) groups is 1. The maximum atomic E-state index is 13.1. The zero-order valence-corrected chi connectivity index (χ0v) is 16.4.